The van der Waals surface area contributed by atoms with Crippen LogP contribution in [0.4, 0.5) is 0 Å². The van der Waals surface area contributed by atoms with Crippen LogP contribution in [-0.4, -0.2) is 22.4 Å². The molecule has 1 N–H and O–H groups in total. The molecule has 0 fully saturated rings. The molecule has 0 radical (unpaired) electrons. The monoisotopic (exact) mass is 289 g/mol. The van der Waals surface area contributed by atoms with Crippen molar-refractivity contribution < 1.29 is 9.59 Å². The minimum absolute atomic E-state index is 0.280. The number of rotatable bonds is 3. The highest BCUT2D eigenvalue weighted by atomic mass is 32.1. The molecule has 1 heterocycles. The molecule has 1 atom stereocenters. The summed E-state index contributed by atoms with van der Waals surface area (Å²) in [6.45, 7) is 1.63. The molecule has 0 spiro atoms. The van der Waals surface area contributed by atoms with Gasteiger partial charge in [-0.2, -0.15) is 4.99 Å². The predicted octanol–water partition coefficient (Wildman–Crippen LogP) is 1.33. The third kappa shape index (κ3) is 3.42. The van der Waals surface area contributed by atoms with Gasteiger partial charge >= 0.3 is 0 Å². The molecule has 0 aliphatic rings. The van der Waals surface area contributed by atoms with Gasteiger partial charge in [-0.25, -0.2) is 0 Å². The van der Waals surface area contributed by atoms with E-state index >= 15 is 0 Å². The second-order valence-electron chi connectivity index (χ2n) is 4.31. The second kappa shape index (κ2) is 6.29. The summed E-state index contributed by atoms with van der Waals surface area (Å²) in [4.78, 5) is 28.5. The molecule has 0 aliphatic heterocycles. The zero-order chi connectivity index (χ0) is 14.5. The number of amides is 2. The summed E-state index contributed by atoms with van der Waals surface area (Å²) in [6, 6.07) is 8.11. The zero-order valence-corrected chi connectivity index (χ0v) is 12.1. The lowest BCUT2D eigenvalue weighted by atomic mass is 10.2. The Bertz CT molecular complexity index is 673. The number of hydrogen-bond donors (Lipinski definition) is 1. The van der Waals surface area contributed by atoms with Crippen molar-refractivity contribution in [3.63, 3.8) is 0 Å². The molecular formula is C14H15N3O2S. The minimum Gasteiger partial charge on any atom is -0.340 e. The van der Waals surface area contributed by atoms with E-state index in [1.54, 1.807) is 35.8 Å². The first-order valence-corrected chi connectivity index (χ1v) is 7.00. The number of benzene rings is 1. The molecule has 20 heavy (non-hydrogen) atoms. The maximum Gasteiger partial charge on any atom is 0.270 e. The Morgan fingerprint density at radius 1 is 1.30 bits per heavy atom. The van der Waals surface area contributed by atoms with Crippen LogP contribution >= 0.6 is 11.3 Å². The normalized spacial score (nSPS) is 13.0. The maximum absolute atomic E-state index is 11.9. The van der Waals surface area contributed by atoms with Crippen LogP contribution in [0.3, 0.4) is 0 Å². The third-order valence-corrected chi connectivity index (χ3v) is 3.57. The van der Waals surface area contributed by atoms with E-state index in [0.29, 0.717) is 10.4 Å². The number of carbonyl (C=O) groups is 2. The highest BCUT2D eigenvalue weighted by Gasteiger charge is 2.15. The molecule has 2 rings (SSSR count). The number of nitrogens with one attached hydrogen (secondary N) is 1. The van der Waals surface area contributed by atoms with Gasteiger partial charge in [-0.1, -0.05) is 18.2 Å². The molecule has 1 aromatic carbocycles. The van der Waals surface area contributed by atoms with Crippen molar-refractivity contribution in [3.8, 4) is 0 Å². The Hall–Kier alpha value is -2.21. The molecule has 0 saturated carbocycles. The number of aromatic nitrogens is 1. The van der Waals surface area contributed by atoms with Crippen LogP contribution in [0.1, 0.15) is 17.3 Å². The summed E-state index contributed by atoms with van der Waals surface area (Å²) in [5.74, 6) is -0.649. The standard InChI is InChI=1S/C14H15N3O2S/c1-10(12(18)16-14-17(2)8-9-20-14)15-13(19)11-6-4-3-5-7-11/h3-10H,1-2H3,(H,15,19). The lowest BCUT2D eigenvalue weighted by Crippen LogP contribution is -2.38. The largest absolute Gasteiger partial charge is 0.340 e. The van der Waals surface area contributed by atoms with E-state index in [9.17, 15) is 9.59 Å². The van der Waals surface area contributed by atoms with Crippen molar-refractivity contribution in [3.05, 3.63) is 52.3 Å². The van der Waals surface area contributed by atoms with Gasteiger partial charge in [-0.05, 0) is 19.1 Å². The lowest BCUT2D eigenvalue weighted by Gasteiger charge is -2.09. The summed E-state index contributed by atoms with van der Waals surface area (Å²) >= 11 is 1.37. The molecule has 2 aromatic rings. The summed E-state index contributed by atoms with van der Waals surface area (Å²) in [5.41, 5.74) is 0.522. The van der Waals surface area contributed by atoms with Crippen LogP contribution in [-0.2, 0) is 11.8 Å². The van der Waals surface area contributed by atoms with Gasteiger partial charge in [0.25, 0.3) is 11.8 Å². The predicted molar refractivity (Wildman–Crippen MR) is 77.2 cm³/mol. The van der Waals surface area contributed by atoms with Crippen LogP contribution in [0.25, 0.3) is 0 Å². The molecule has 6 heteroatoms. The van der Waals surface area contributed by atoms with Crippen molar-refractivity contribution in [1.82, 2.24) is 9.88 Å². The number of aryl methyl sites for hydroxylation is 1. The summed E-state index contributed by atoms with van der Waals surface area (Å²) in [5, 5.41) is 4.49. The minimum atomic E-state index is -0.662. The number of thiazole rings is 1. The van der Waals surface area contributed by atoms with Crippen molar-refractivity contribution in [2.75, 3.05) is 0 Å². The Morgan fingerprint density at radius 2 is 2.00 bits per heavy atom. The number of carbonyl (C=O) groups excluding carboxylic acids is 2. The molecule has 1 aromatic heterocycles. The first-order valence-electron chi connectivity index (χ1n) is 6.12. The quantitative estimate of drug-likeness (QED) is 0.926. The van der Waals surface area contributed by atoms with E-state index < -0.39 is 6.04 Å². The highest BCUT2D eigenvalue weighted by Crippen LogP contribution is 1.99. The third-order valence-electron chi connectivity index (χ3n) is 2.72. The fraction of sp³-hybridized carbons (Fsp3) is 0.214. The van der Waals surface area contributed by atoms with E-state index in [0.717, 1.165) is 0 Å². The molecule has 0 aliphatic carbocycles. The first-order chi connectivity index (χ1) is 9.58. The van der Waals surface area contributed by atoms with Gasteiger partial charge in [0.15, 0.2) is 4.80 Å². The van der Waals surface area contributed by atoms with Gasteiger partial charge in [0.05, 0.1) is 0 Å². The molecule has 0 bridgehead atoms. The van der Waals surface area contributed by atoms with Crippen molar-refractivity contribution in [2.24, 2.45) is 12.0 Å². The van der Waals surface area contributed by atoms with Gasteiger partial charge in [0.2, 0.25) is 0 Å². The van der Waals surface area contributed by atoms with Crippen molar-refractivity contribution >= 4 is 23.2 Å². The lowest BCUT2D eigenvalue weighted by molar-refractivity contribution is -0.119. The Balaban J connectivity index is 2.06. The second-order valence-corrected chi connectivity index (χ2v) is 5.18. The van der Waals surface area contributed by atoms with Gasteiger partial charge in [0, 0.05) is 24.2 Å². The van der Waals surface area contributed by atoms with E-state index in [1.807, 2.05) is 24.7 Å². The Morgan fingerprint density at radius 3 is 2.60 bits per heavy atom. The zero-order valence-electron chi connectivity index (χ0n) is 11.2. The molecule has 5 nitrogen and oxygen atoms in total. The van der Waals surface area contributed by atoms with Crippen LogP contribution in [0, 0.1) is 0 Å². The molecule has 1 unspecified atom stereocenters. The van der Waals surface area contributed by atoms with Crippen molar-refractivity contribution in [2.45, 2.75) is 13.0 Å². The molecule has 104 valence electrons. The van der Waals surface area contributed by atoms with Crippen LogP contribution in [0.2, 0.25) is 0 Å². The van der Waals surface area contributed by atoms with E-state index in [-0.39, 0.29) is 11.8 Å². The van der Waals surface area contributed by atoms with Gasteiger partial charge in [-0.15, -0.1) is 11.3 Å². The summed E-state index contributed by atoms with van der Waals surface area (Å²) in [6.07, 6.45) is 1.82. The van der Waals surface area contributed by atoms with Gasteiger partial charge < -0.3 is 9.88 Å². The van der Waals surface area contributed by atoms with Crippen molar-refractivity contribution in [1.29, 1.82) is 0 Å². The van der Waals surface area contributed by atoms with Crippen LogP contribution < -0.4 is 10.1 Å². The molecule has 2 amide bonds. The number of hydrogen-bond acceptors (Lipinski definition) is 3. The van der Waals surface area contributed by atoms with E-state index in [4.69, 9.17) is 0 Å². The number of nitrogens with zero attached hydrogens (tertiary/aromatic N) is 2. The summed E-state index contributed by atoms with van der Waals surface area (Å²) < 4.78 is 1.76. The maximum atomic E-state index is 11.9. The average molecular weight is 289 g/mol. The van der Waals surface area contributed by atoms with E-state index in [1.165, 1.54) is 11.3 Å². The van der Waals surface area contributed by atoms with E-state index in [2.05, 4.69) is 10.3 Å². The Kier molecular flexibility index (Phi) is 4.47. The molecular weight excluding hydrogens is 274 g/mol. The van der Waals surface area contributed by atoms with Crippen LogP contribution in [0.5, 0.6) is 0 Å². The van der Waals surface area contributed by atoms with Gasteiger partial charge in [-0.3, -0.25) is 9.59 Å². The smallest absolute Gasteiger partial charge is 0.270 e. The molecule has 0 saturated heterocycles. The SMILES string of the molecule is CC(NC(=O)c1ccccc1)C(=O)N=c1sccn1C. The first kappa shape index (κ1) is 14.2. The average Bonchev–Trinajstić information content (AvgIpc) is 2.85. The highest BCUT2D eigenvalue weighted by molar-refractivity contribution is 7.07. The fourth-order valence-electron chi connectivity index (χ4n) is 1.56. The van der Waals surface area contributed by atoms with Crippen LogP contribution in [0.15, 0.2) is 46.9 Å². The fourth-order valence-corrected chi connectivity index (χ4v) is 2.29. The summed E-state index contributed by atoms with van der Waals surface area (Å²) in [7, 11) is 1.82. The van der Waals surface area contributed by atoms with Gasteiger partial charge in [0.1, 0.15) is 6.04 Å². The Labute approximate surface area is 120 Å². The topological polar surface area (TPSA) is 63.5 Å².